The first kappa shape index (κ1) is 17.8. The summed E-state index contributed by atoms with van der Waals surface area (Å²) in [6.45, 7) is 2.56. The summed E-state index contributed by atoms with van der Waals surface area (Å²) >= 11 is 0. The van der Waals surface area contributed by atoms with Crippen LogP contribution in [0.15, 0.2) is 24.3 Å². The van der Waals surface area contributed by atoms with Gasteiger partial charge >= 0.3 is 0 Å². The molecule has 0 atom stereocenters. The number of hydrogen-bond donors (Lipinski definition) is 2. The van der Waals surface area contributed by atoms with Crippen LogP contribution in [0.25, 0.3) is 0 Å². The van der Waals surface area contributed by atoms with Crippen molar-refractivity contribution >= 4 is 18.3 Å². The van der Waals surface area contributed by atoms with E-state index in [1.54, 1.807) is 12.1 Å². The van der Waals surface area contributed by atoms with Crippen molar-refractivity contribution in [3.8, 4) is 0 Å². The van der Waals surface area contributed by atoms with Gasteiger partial charge in [0, 0.05) is 5.56 Å². The topological polar surface area (TPSA) is 55.1 Å². The van der Waals surface area contributed by atoms with E-state index in [4.69, 9.17) is 5.73 Å². The van der Waals surface area contributed by atoms with Gasteiger partial charge < -0.3 is 11.1 Å². The van der Waals surface area contributed by atoms with Crippen molar-refractivity contribution in [1.82, 2.24) is 5.32 Å². The van der Waals surface area contributed by atoms with Gasteiger partial charge in [-0.2, -0.15) is 0 Å². The highest BCUT2D eigenvalue weighted by Crippen LogP contribution is 2.15. The molecule has 0 fully saturated rings. The highest BCUT2D eigenvalue weighted by atomic mass is 35.5. The molecule has 0 spiro atoms. The molecular weight excluding hydrogens is 274 g/mol. The molecule has 19 heavy (non-hydrogen) atoms. The molecule has 1 aromatic carbocycles. The lowest BCUT2D eigenvalue weighted by Gasteiger charge is -2.14. The van der Waals surface area contributed by atoms with E-state index < -0.39 is 24.9 Å². The van der Waals surface area contributed by atoms with Crippen LogP contribution in [0.2, 0.25) is 0 Å². The van der Waals surface area contributed by atoms with Crippen molar-refractivity contribution in [2.75, 3.05) is 13.1 Å². The summed E-state index contributed by atoms with van der Waals surface area (Å²) in [5.41, 5.74) is 6.35. The lowest BCUT2D eigenvalue weighted by atomic mass is 10.0. The Kier molecular flexibility index (Phi) is 6.94. The van der Waals surface area contributed by atoms with Gasteiger partial charge in [-0.1, -0.05) is 26.0 Å². The van der Waals surface area contributed by atoms with Crippen LogP contribution in [0.5, 0.6) is 0 Å². The zero-order chi connectivity index (χ0) is 13.8. The first-order valence-corrected chi connectivity index (χ1v) is 5.82. The Hall–Kier alpha value is -1.20. The van der Waals surface area contributed by atoms with Gasteiger partial charge in [0.25, 0.3) is 11.8 Å². The zero-order valence-corrected chi connectivity index (χ0v) is 11.8. The van der Waals surface area contributed by atoms with E-state index in [-0.39, 0.29) is 12.4 Å². The summed E-state index contributed by atoms with van der Waals surface area (Å²) in [7, 11) is 0. The third kappa shape index (κ3) is 5.53. The second kappa shape index (κ2) is 7.40. The minimum Gasteiger partial charge on any atom is -0.346 e. The molecule has 0 aliphatic heterocycles. The summed E-state index contributed by atoms with van der Waals surface area (Å²) in [5.74, 6) is -3.21. The molecule has 1 amide bonds. The van der Waals surface area contributed by atoms with E-state index in [1.807, 2.05) is 26.0 Å². The molecule has 0 heterocycles. The molecule has 0 aliphatic carbocycles. The minimum absolute atomic E-state index is 0. The first-order chi connectivity index (χ1) is 8.35. The Bertz CT molecular complexity index is 408. The number of amides is 1. The Morgan fingerprint density at radius 3 is 2.26 bits per heavy atom. The van der Waals surface area contributed by atoms with Crippen LogP contribution in [-0.2, 0) is 0 Å². The molecular formula is C13H19ClF2N2O. The molecule has 3 N–H and O–H groups in total. The number of halogens is 3. The monoisotopic (exact) mass is 292 g/mol. The quantitative estimate of drug-likeness (QED) is 0.876. The summed E-state index contributed by atoms with van der Waals surface area (Å²) in [4.78, 5) is 11.6. The maximum Gasteiger partial charge on any atom is 0.277 e. The van der Waals surface area contributed by atoms with Crippen LogP contribution in [0.4, 0.5) is 8.78 Å². The number of nitrogens with two attached hydrogens (primary N) is 1. The van der Waals surface area contributed by atoms with E-state index in [1.165, 1.54) is 0 Å². The van der Waals surface area contributed by atoms with Crippen molar-refractivity contribution in [1.29, 1.82) is 0 Å². The third-order valence-electron chi connectivity index (χ3n) is 2.65. The Morgan fingerprint density at radius 2 is 1.84 bits per heavy atom. The molecule has 1 rings (SSSR count). The Balaban J connectivity index is 0.00000324. The second-order valence-electron chi connectivity index (χ2n) is 4.52. The van der Waals surface area contributed by atoms with Crippen LogP contribution in [-0.4, -0.2) is 24.9 Å². The molecule has 0 saturated carbocycles. The highest BCUT2D eigenvalue weighted by Gasteiger charge is 2.27. The lowest BCUT2D eigenvalue weighted by Crippen LogP contribution is -2.41. The fourth-order valence-corrected chi connectivity index (χ4v) is 1.40. The van der Waals surface area contributed by atoms with Gasteiger partial charge in [0.2, 0.25) is 0 Å². The van der Waals surface area contributed by atoms with Crippen molar-refractivity contribution in [3.63, 3.8) is 0 Å². The summed E-state index contributed by atoms with van der Waals surface area (Å²) in [5, 5.41) is 2.17. The van der Waals surface area contributed by atoms with E-state index in [9.17, 15) is 13.6 Å². The van der Waals surface area contributed by atoms with Gasteiger partial charge in [-0.15, -0.1) is 12.4 Å². The predicted octanol–water partition coefficient (Wildman–Crippen LogP) is 2.56. The summed E-state index contributed by atoms with van der Waals surface area (Å²) < 4.78 is 25.7. The maximum absolute atomic E-state index is 12.9. The predicted molar refractivity (Wildman–Crippen MR) is 74.1 cm³/mol. The number of carbonyl (C=O) groups is 1. The third-order valence-corrected chi connectivity index (χ3v) is 2.65. The van der Waals surface area contributed by atoms with Gasteiger partial charge in [-0.3, -0.25) is 4.79 Å². The van der Waals surface area contributed by atoms with Crippen LogP contribution < -0.4 is 11.1 Å². The molecule has 0 bridgehead atoms. The number of alkyl halides is 2. The molecule has 3 nitrogen and oxygen atoms in total. The second-order valence-corrected chi connectivity index (χ2v) is 4.52. The van der Waals surface area contributed by atoms with Gasteiger partial charge in [-0.25, -0.2) is 8.78 Å². The standard InChI is InChI=1S/C13H18F2N2O.ClH/c1-9(2)10-3-5-11(6-4-10)12(18)17-8-13(14,15)7-16;/h3-6,9H,7-8,16H2,1-2H3,(H,17,18);1H. The Labute approximate surface area is 118 Å². The molecule has 1 aromatic rings. The van der Waals surface area contributed by atoms with Crippen LogP contribution in [0, 0.1) is 0 Å². The number of benzene rings is 1. The molecule has 108 valence electrons. The Morgan fingerprint density at radius 1 is 1.32 bits per heavy atom. The fraction of sp³-hybridized carbons (Fsp3) is 0.462. The normalized spacial score (nSPS) is 11.1. The van der Waals surface area contributed by atoms with Crippen LogP contribution in [0.3, 0.4) is 0 Å². The average molecular weight is 293 g/mol. The number of hydrogen-bond acceptors (Lipinski definition) is 2. The molecule has 0 aromatic heterocycles. The van der Waals surface area contributed by atoms with Crippen LogP contribution >= 0.6 is 12.4 Å². The van der Waals surface area contributed by atoms with Gasteiger partial charge in [0.15, 0.2) is 0 Å². The summed E-state index contributed by atoms with van der Waals surface area (Å²) in [6.07, 6.45) is 0. The zero-order valence-electron chi connectivity index (χ0n) is 11.0. The molecule has 0 unspecified atom stereocenters. The van der Waals surface area contributed by atoms with Gasteiger partial charge in [0.05, 0.1) is 13.1 Å². The first-order valence-electron chi connectivity index (χ1n) is 5.82. The average Bonchev–Trinajstić information content (AvgIpc) is 2.36. The molecule has 0 aliphatic rings. The van der Waals surface area contributed by atoms with Crippen molar-refractivity contribution in [2.45, 2.75) is 25.7 Å². The smallest absolute Gasteiger partial charge is 0.277 e. The van der Waals surface area contributed by atoms with Crippen molar-refractivity contribution in [3.05, 3.63) is 35.4 Å². The van der Waals surface area contributed by atoms with Gasteiger partial charge in [0.1, 0.15) is 0 Å². The number of nitrogens with one attached hydrogen (secondary N) is 1. The number of carbonyl (C=O) groups excluding carboxylic acids is 1. The molecule has 0 saturated heterocycles. The van der Waals surface area contributed by atoms with E-state index in [2.05, 4.69) is 5.32 Å². The van der Waals surface area contributed by atoms with E-state index >= 15 is 0 Å². The lowest BCUT2D eigenvalue weighted by molar-refractivity contribution is 0.0118. The summed E-state index contributed by atoms with van der Waals surface area (Å²) in [6, 6.07) is 6.90. The SMILES string of the molecule is CC(C)c1ccc(C(=O)NCC(F)(F)CN)cc1.Cl. The van der Waals surface area contributed by atoms with Crippen LogP contribution in [0.1, 0.15) is 35.7 Å². The maximum atomic E-state index is 12.9. The molecule has 0 radical (unpaired) electrons. The van der Waals surface area contributed by atoms with Crippen molar-refractivity contribution in [2.24, 2.45) is 5.73 Å². The van der Waals surface area contributed by atoms with E-state index in [0.29, 0.717) is 11.5 Å². The highest BCUT2D eigenvalue weighted by molar-refractivity contribution is 5.94. The minimum atomic E-state index is -3.06. The van der Waals surface area contributed by atoms with Gasteiger partial charge in [-0.05, 0) is 23.6 Å². The van der Waals surface area contributed by atoms with Crippen molar-refractivity contribution < 1.29 is 13.6 Å². The fourth-order valence-electron chi connectivity index (χ4n) is 1.40. The number of rotatable bonds is 5. The molecule has 6 heteroatoms. The van der Waals surface area contributed by atoms with E-state index in [0.717, 1.165) is 5.56 Å². The largest absolute Gasteiger partial charge is 0.346 e.